The van der Waals surface area contributed by atoms with Crippen LogP contribution in [0.3, 0.4) is 0 Å². The highest BCUT2D eigenvalue weighted by atomic mass is 35.5. The van der Waals surface area contributed by atoms with Crippen molar-refractivity contribution in [2.24, 2.45) is 0 Å². The number of aryl methyl sites for hydroxylation is 1. The molecule has 0 bridgehead atoms. The van der Waals surface area contributed by atoms with Gasteiger partial charge < -0.3 is 0 Å². The summed E-state index contributed by atoms with van der Waals surface area (Å²) in [7, 11) is 0. The molecule has 2 aromatic carbocycles. The standard InChI is InChI=1S/C17H17Cl2F/c1-13-6-2-3-7-14(13)10-17(11-18,12-19)15-8-4-5-9-16(15)20/h2-9H,10-12H2,1H3. The number of hydrogen-bond acceptors (Lipinski definition) is 0. The maximum absolute atomic E-state index is 14.1. The van der Waals surface area contributed by atoms with E-state index in [0.717, 1.165) is 5.56 Å². The lowest BCUT2D eigenvalue weighted by atomic mass is 9.77. The van der Waals surface area contributed by atoms with Crippen LogP contribution in [0.1, 0.15) is 16.7 Å². The van der Waals surface area contributed by atoms with Gasteiger partial charge in [0.1, 0.15) is 5.82 Å². The van der Waals surface area contributed by atoms with Crippen LogP contribution in [0, 0.1) is 12.7 Å². The average molecular weight is 311 g/mol. The van der Waals surface area contributed by atoms with E-state index in [9.17, 15) is 4.39 Å². The Morgan fingerprint density at radius 3 is 2.15 bits per heavy atom. The number of benzene rings is 2. The summed E-state index contributed by atoms with van der Waals surface area (Å²) in [5, 5.41) is 0. The van der Waals surface area contributed by atoms with Crippen LogP contribution in [-0.4, -0.2) is 11.8 Å². The molecule has 0 radical (unpaired) electrons. The van der Waals surface area contributed by atoms with Gasteiger partial charge in [-0.15, -0.1) is 23.2 Å². The van der Waals surface area contributed by atoms with Crippen LogP contribution in [0.5, 0.6) is 0 Å². The maximum atomic E-state index is 14.1. The van der Waals surface area contributed by atoms with Gasteiger partial charge in [0, 0.05) is 17.2 Å². The first-order valence-electron chi connectivity index (χ1n) is 6.54. The summed E-state index contributed by atoms with van der Waals surface area (Å²) in [4.78, 5) is 0. The second-order valence-corrected chi connectivity index (χ2v) is 5.67. The van der Waals surface area contributed by atoms with Crippen LogP contribution in [0.15, 0.2) is 48.5 Å². The van der Waals surface area contributed by atoms with Crippen molar-refractivity contribution in [3.63, 3.8) is 0 Å². The van der Waals surface area contributed by atoms with Crippen LogP contribution in [0.4, 0.5) is 4.39 Å². The van der Waals surface area contributed by atoms with Crippen molar-refractivity contribution in [2.75, 3.05) is 11.8 Å². The van der Waals surface area contributed by atoms with Gasteiger partial charge in [0.2, 0.25) is 0 Å². The molecule has 3 heteroatoms. The van der Waals surface area contributed by atoms with E-state index in [4.69, 9.17) is 23.2 Å². The zero-order valence-corrected chi connectivity index (χ0v) is 12.9. The molecule has 2 rings (SSSR count). The highest BCUT2D eigenvalue weighted by Crippen LogP contribution is 2.34. The Kier molecular flexibility index (Phi) is 5.06. The molecule has 0 amide bonds. The number of hydrogen-bond donors (Lipinski definition) is 0. The minimum absolute atomic E-state index is 0.248. The summed E-state index contributed by atoms with van der Waals surface area (Å²) in [6.07, 6.45) is 0.633. The van der Waals surface area contributed by atoms with E-state index in [0.29, 0.717) is 12.0 Å². The Bertz CT molecular complexity index is 577. The topological polar surface area (TPSA) is 0 Å². The summed E-state index contributed by atoms with van der Waals surface area (Å²) >= 11 is 12.4. The predicted octanol–water partition coefficient (Wildman–Crippen LogP) is 5.09. The molecule has 0 unspecified atom stereocenters. The lowest BCUT2D eigenvalue weighted by molar-refractivity contribution is 0.490. The van der Waals surface area contributed by atoms with Gasteiger partial charge in [0.25, 0.3) is 0 Å². The molecule has 0 spiro atoms. The third-order valence-electron chi connectivity index (χ3n) is 3.75. The Morgan fingerprint density at radius 1 is 0.950 bits per heavy atom. The number of halogens is 3. The third kappa shape index (κ3) is 2.99. The summed E-state index contributed by atoms with van der Waals surface area (Å²) in [5.41, 5.74) is 2.33. The minimum atomic E-state index is -0.583. The lowest BCUT2D eigenvalue weighted by Crippen LogP contribution is -2.34. The van der Waals surface area contributed by atoms with Gasteiger partial charge in [0.15, 0.2) is 0 Å². The fourth-order valence-electron chi connectivity index (χ4n) is 2.43. The molecule has 0 saturated heterocycles. The SMILES string of the molecule is Cc1ccccc1CC(CCl)(CCl)c1ccccc1F. The molecule has 20 heavy (non-hydrogen) atoms. The third-order valence-corrected chi connectivity index (χ3v) is 4.77. The van der Waals surface area contributed by atoms with Crippen molar-refractivity contribution in [2.45, 2.75) is 18.8 Å². The second kappa shape index (κ2) is 6.60. The van der Waals surface area contributed by atoms with Gasteiger partial charge in [-0.05, 0) is 36.1 Å². The zero-order valence-electron chi connectivity index (χ0n) is 11.4. The van der Waals surface area contributed by atoms with Crippen molar-refractivity contribution >= 4 is 23.2 Å². The number of alkyl halides is 2. The van der Waals surface area contributed by atoms with E-state index in [1.807, 2.05) is 37.3 Å². The molecule has 0 N–H and O–H groups in total. The minimum Gasteiger partial charge on any atom is -0.207 e. The molecule has 2 aromatic rings. The summed E-state index contributed by atoms with van der Waals surface area (Å²) in [5.74, 6) is 0.319. The molecule has 106 valence electrons. The van der Waals surface area contributed by atoms with Crippen molar-refractivity contribution in [3.05, 3.63) is 71.0 Å². The molecular formula is C17H17Cl2F. The van der Waals surface area contributed by atoms with Gasteiger partial charge in [0.05, 0.1) is 0 Å². The van der Waals surface area contributed by atoms with Crippen LogP contribution < -0.4 is 0 Å². The molecule has 0 aliphatic carbocycles. The molecule has 0 aromatic heterocycles. The monoisotopic (exact) mass is 310 g/mol. The molecular weight excluding hydrogens is 294 g/mol. The van der Waals surface area contributed by atoms with Crippen molar-refractivity contribution in [3.8, 4) is 0 Å². The highest BCUT2D eigenvalue weighted by molar-refractivity contribution is 6.22. The van der Waals surface area contributed by atoms with Crippen LogP contribution in [-0.2, 0) is 11.8 Å². The van der Waals surface area contributed by atoms with Gasteiger partial charge in [-0.3, -0.25) is 0 Å². The molecule has 0 heterocycles. The van der Waals surface area contributed by atoms with Crippen molar-refractivity contribution in [1.82, 2.24) is 0 Å². The average Bonchev–Trinajstić information content (AvgIpc) is 2.48. The van der Waals surface area contributed by atoms with E-state index in [2.05, 4.69) is 0 Å². The quantitative estimate of drug-likeness (QED) is 0.675. The molecule has 0 saturated carbocycles. The first-order valence-corrected chi connectivity index (χ1v) is 7.61. The van der Waals surface area contributed by atoms with Gasteiger partial charge in [-0.1, -0.05) is 42.5 Å². The Morgan fingerprint density at radius 2 is 1.55 bits per heavy atom. The molecule has 0 atom stereocenters. The van der Waals surface area contributed by atoms with E-state index in [1.165, 1.54) is 11.6 Å². The van der Waals surface area contributed by atoms with Crippen LogP contribution in [0.2, 0.25) is 0 Å². The van der Waals surface area contributed by atoms with Gasteiger partial charge >= 0.3 is 0 Å². The first kappa shape index (κ1) is 15.3. The summed E-state index contributed by atoms with van der Waals surface area (Å²) in [6, 6.07) is 14.8. The predicted molar refractivity (Wildman–Crippen MR) is 84.4 cm³/mol. The Hall–Kier alpha value is -1.05. The molecule has 0 fully saturated rings. The Balaban J connectivity index is 2.46. The van der Waals surface area contributed by atoms with Crippen LogP contribution in [0.25, 0.3) is 0 Å². The summed E-state index contributed by atoms with van der Waals surface area (Å²) in [6.45, 7) is 2.05. The fourth-order valence-corrected chi connectivity index (χ4v) is 3.20. The molecule has 0 aliphatic heterocycles. The van der Waals surface area contributed by atoms with Gasteiger partial charge in [-0.2, -0.15) is 0 Å². The largest absolute Gasteiger partial charge is 0.207 e. The Labute approximate surface area is 129 Å². The fraction of sp³-hybridized carbons (Fsp3) is 0.294. The normalized spacial score (nSPS) is 11.6. The maximum Gasteiger partial charge on any atom is 0.127 e. The van der Waals surface area contributed by atoms with E-state index < -0.39 is 5.41 Å². The van der Waals surface area contributed by atoms with Crippen LogP contribution >= 0.6 is 23.2 Å². The second-order valence-electron chi connectivity index (χ2n) is 5.13. The lowest BCUT2D eigenvalue weighted by Gasteiger charge is -2.31. The number of rotatable bonds is 5. The van der Waals surface area contributed by atoms with Gasteiger partial charge in [-0.25, -0.2) is 4.39 Å². The zero-order chi connectivity index (χ0) is 14.6. The summed E-state index contributed by atoms with van der Waals surface area (Å²) < 4.78 is 14.1. The molecule has 0 aliphatic rings. The first-order chi connectivity index (χ1) is 9.63. The van der Waals surface area contributed by atoms with E-state index in [-0.39, 0.29) is 17.6 Å². The van der Waals surface area contributed by atoms with E-state index >= 15 is 0 Å². The van der Waals surface area contributed by atoms with E-state index in [1.54, 1.807) is 12.1 Å². The molecule has 0 nitrogen and oxygen atoms in total. The van der Waals surface area contributed by atoms with Crippen molar-refractivity contribution < 1.29 is 4.39 Å². The smallest absolute Gasteiger partial charge is 0.127 e. The van der Waals surface area contributed by atoms with Crippen molar-refractivity contribution in [1.29, 1.82) is 0 Å². The highest BCUT2D eigenvalue weighted by Gasteiger charge is 2.33.